The fourth-order valence-electron chi connectivity index (χ4n) is 3.83. The van der Waals surface area contributed by atoms with E-state index in [1.54, 1.807) is 24.3 Å². The molecule has 0 fully saturated rings. The van der Waals surface area contributed by atoms with Crippen LogP contribution in [0.3, 0.4) is 0 Å². The van der Waals surface area contributed by atoms with Crippen LogP contribution < -0.4 is 5.32 Å². The molecule has 6 heteroatoms. The van der Waals surface area contributed by atoms with Crippen LogP contribution >= 0.6 is 0 Å². The molecule has 1 aliphatic rings. The number of carbonyl (C=O) groups excluding carboxylic acids is 1. The number of carbonyl (C=O) groups is 2. The number of hydrogen-bond acceptors (Lipinski definition) is 3. The van der Waals surface area contributed by atoms with E-state index >= 15 is 0 Å². The van der Waals surface area contributed by atoms with E-state index in [2.05, 4.69) is 10.4 Å². The fraction of sp³-hybridized carbons (Fsp3) is 0.261. The lowest BCUT2D eigenvalue weighted by molar-refractivity contribution is -0.138. The zero-order valence-corrected chi connectivity index (χ0v) is 16.3. The van der Waals surface area contributed by atoms with E-state index in [0.29, 0.717) is 11.3 Å². The molecule has 0 spiro atoms. The van der Waals surface area contributed by atoms with Gasteiger partial charge in [0, 0.05) is 17.8 Å². The maximum atomic E-state index is 12.9. The number of hydrogen-bond donors (Lipinski definition) is 2. The first-order valence-electron chi connectivity index (χ1n) is 9.78. The molecule has 0 saturated heterocycles. The van der Waals surface area contributed by atoms with Crippen molar-refractivity contribution in [3.63, 3.8) is 0 Å². The quantitative estimate of drug-likeness (QED) is 0.678. The van der Waals surface area contributed by atoms with E-state index in [0.717, 1.165) is 41.8 Å². The summed E-state index contributed by atoms with van der Waals surface area (Å²) in [5, 5.41) is 16.9. The first-order chi connectivity index (χ1) is 14.0. The number of rotatable bonds is 6. The first-order valence-corrected chi connectivity index (χ1v) is 9.78. The molecule has 6 nitrogen and oxygen atoms in total. The lowest BCUT2D eigenvalue weighted by atomic mass is 9.99. The van der Waals surface area contributed by atoms with Crippen LogP contribution in [0.15, 0.2) is 54.6 Å². The van der Waals surface area contributed by atoms with Crippen molar-refractivity contribution in [2.75, 3.05) is 6.54 Å². The van der Waals surface area contributed by atoms with E-state index in [1.807, 2.05) is 41.9 Å². The summed E-state index contributed by atoms with van der Waals surface area (Å²) >= 11 is 0. The summed E-state index contributed by atoms with van der Waals surface area (Å²) in [5.74, 6) is -2.09. The minimum Gasteiger partial charge on any atom is -0.481 e. The van der Waals surface area contributed by atoms with Crippen LogP contribution in [0.4, 0.5) is 0 Å². The van der Waals surface area contributed by atoms with Crippen LogP contribution in [0.1, 0.15) is 45.2 Å². The van der Waals surface area contributed by atoms with Gasteiger partial charge in [-0.3, -0.25) is 9.59 Å². The van der Waals surface area contributed by atoms with Gasteiger partial charge < -0.3 is 10.4 Å². The van der Waals surface area contributed by atoms with Gasteiger partial charge in [-0.15, -0.1) is 0 Å². The van der Waals surface area contributed by atoms with Crippen LogP contribution in [0, 0.1) is 6.92 Å². The van der Waals surface area contributed by atoms with Gasteiger partial charge in [0.2, 0.25) is 0 Å². The molecule has 4 rings (SSSR count). The van der Waals surface area contributed by atoms with E-state index in [-0.39, 0.29) is 12.5 Å². The van der Waals surface area contributed by atoms with Crippen molar-refractivity contribution in [2.45, 2.75) is 32.1 Å². The van der Waals surface area contributed by atoms with Crippen molar-refractivity contribution < 1.29 is 14.7 Å². The summed E-state index contributed by atoms with van der Waals surface area (Å²) in [7, 11) is 0. The second-order valence-corrected chi connectivity index (χ2v) is 7.39. The summed E-state index contributed by atoms with van der Waals surface area (Å²) < 4.78 is 1.85. The largest absolute Gasteiger partial charge is 0.481 e. The molecule has 1 unspecified atom stereocenters. The van der Waals surface area contributed by atoms with Gasteiger partial charge in [0.1, 0.15) is 0 Å². The Balaban J connectivity index is 1.57. The Hall–Kier alpha value is -3.41. The zero-order chi connectivity index (χ0) is 20.4. The van der Waals surface area contributed by atoms with Crippen molar-refractivity contribution in [2.24, 2.45) is 0 Å². The highest BCUT2D eigenvalue weighted by molar-refractivity contribution is 5.94. The Morgan fingerprint density at radius 2 is 1.83 bits per heavy atom. The fourth-order valence-corrected chi connectivity index (χ4v) is 3.83. The minimum atomic E-state index is -0.966. The molecular formula is C23H23N3O3. The predicted octanol–water partition coefficient (Wildman–Crippen LogP) is 3.27. The van der Waals surface area contributed by atoms with Crippen LogP contribution in [-0.2, 0) is 17.6 Å². The summed E-state index contributed by atoms with van der Waals surface area (Å²) in [6.45, 7) is 2.05. The summed E-state index contributed by atoms with van der Waals surface area (Å²) in [4.78, 5) is 24.6. The molecule has 0 radical (unpaired) electrons. The Bertz CT molecular complexity index is 1040. The number of aryl methyl sites for hydroxylation is 1. The highest BCUT2D eigenvalue weighted by Gasteiger charge is 2.28. The molecule has 0 bridgehead atoms. The van der Waals surface area contributed by atoms with Gasteiger partial charge >= 0.3 is 5.97 Å². The Kier molecular flexibility index (Phi) is 5.16. The van der Waals surface area contributed by atoms with Crippen LogP contribution in [0.2, 0.25) is 0 Å². The van der Waals surface area contributed by atoms with Gasteiger partial charge in [0.15, 0.2) is 5.69 Å². The third kappa shape index (κ3) is 3.78. The molecule has 1 heterocycles. The maximum Gasteiger partial charge on any atom is 0.312 e. The van der Waals surface area contributed by atoms with Crippen molar-refractivity contribution in [3.05, 3.63) is 82.7 Å². The molecule has 1 amide bonds. The smallest absolute Gasteiger partial charge is 0.312 e. The number of carboxylic acid groups (broad SMARTS) is 1. The highest BCUT2D eigenvalue weighted by Crippen LogP contribution is 2.28. The van der Waals surface area contributed by atoms with Gasteiger partial charge in [0.25, 0.3) is 5.91 Å². The van der Waals surface area contributed by atoms with E-state index < -0.39 is 11.9 Å². The molecule has 1 aromatic heterocycles. The normalized spacial score (nSPS) is 13.7. The highest BCUT2D eigenvalue weighted by atomic mass is 16.4. The Morgan fingerprint density at radius 1 is 1.10 bits per heavy atom. The molecule has 0 aliphatic heterocycles. The molecule has 1 atom stereocenters. The van der Waals surface area contributed by atoms with Crippen molar-refractivity contribution >= 4 is 11.9 Å². The lowest BCUT2D eigenvalue weighted by Crippen LogP contribution is -2.32. The monoisotopic (exact) mass is 389 g/mol. The standard InChI is InChI=1S/C23H23N3O3/c1-15-10-12-17(13-11-15)26-20-9-5-8-18(20)21(25-26)22(27)24-14-19(23(28)29)16-6-3-2-4-7-16/h2-4,6-7,10-13,19H,5,8-9,14H2,1H3,(H,24,27)(H,28,29). The number of aliphatic carboxylic acids is 1. The van der Waals surface area contributed by atoms with Gasteiger partial charge in [-0.25, -0.2) is 4.68 Å². The lowest BCUT2D eigenvalue weighted by Gasteiger charge is -2.13. The molecule has 2 N–H and O–H groups in total. The number of carboxylic acids is 1. The van der Waals surface area contributed by atoms with E-state index in [9.17, 15) is 14.7 Å². The summed E-state index contributed by atoms with van der Waals surface area (Å²) in [6, 6.07) is 17.0. The number of nitrogens with zero attached hydrogens (tertiary/aromatic N) is 2. The van der Waals surface area contributed by atoms with E-state index in [1.165, 1.54) is 0 Å². The number of nitrogens with one attached hydrogen (secondary N) is 1. The van der Waals surface area contributed by atoms with E-state index in [4.69, 9.17) is 0 Å². The van der Waals surface area contributed by atoms with Crippen LogP contribution in [0.25, 0.3) is 5.69 Å². The molecule has 0 saturated carbocycles. The third-order valence-electron chi connectivity index (χ3n) is 5.39. The van der Waals surface area contributed by atoms with Crippen LogP contribution in [-0.4, -0.2) is 33.3 Å². The number of amides is 1. The van der Waals surface area contributed by atoms with Gasteiger partial charge in [0.05, 0.1) is 11.6 Å². The maximum absolute atomic E-state index is 12.9. The topological polar surface area (TPSA) is 84.2 Å². The average molecular weight is 389 g/mol. The minimum absolute atomic E-state index is 0.0182. The molecule has 29 heavy (non-hydrogen) atoms. The second kappa shape index (κ2) is 7.91. The van der Waals surface area contributed by atoms with Gasteiger partial charge in [-0.05, 0) is 43.9 Å². The number of benzene rings is 2. The summed E-state index contributed by atoms with van der Waals surface area (Å²) in [5.41, 5.74) is 5.19. The Labute approximate surface area is 169 Å². The van der Waals surface area contributed by atoms with Gasteiger partial charge in [-0.2, -0.15) is 5.10 Å². The predicted molar refractivity (Wildman–Crippen MR) is 109 cm³/mol. The zero-order valence-electron chi connectivity index (χ0n) is 16.3. The van der Waals surface area contributed by atoms with Crippen molar-refractivity contribution in [1.29, 1.82) is 0 Å². The van der Waals surface area contributed by atoms with Crippen molar-refractivity contribution in [1.82, 2.24) is 15.1 Å². The number of fused-ring (bicyclic) bond motifs is 1. The summed E-state index contributed by atoms with van der Waals surface area (Å²) in [6.07, 6.45) is 2.68. The molecule has 1 aliphatic carbocycles. The molecule has 3 aromatic rings. The SMILES string of the molecule is Cc1ccc(-n2nc(C(=O)NCC(C(=O)O)c3ccccc3)c3c2CCC3)cc1. The Morgan fingerprint density at radius 3 is 2.52 bits per heavy atom. The molecule has 148 valence electrons. The third-order valence-corrected chi connectivity index (χ3v) is 5.39. The van der Waals surface area contributed by atoms with Crippen LogP contribution in [0.5, 0.6) is 0 Å². The molecular weight excluding hydrogens is 366 g/mol. The second-order valence-electron chi connectivity index (χ2n) is 7.39. The molecule has 2 aromatic carbocycles. The average Bonchev–Trinajstić information content (AvgIpc) is 3.32. The van der Waals surface area contributed by atoms with Crippen molar-refractivity contribution in [3.8, 4) is 5.69 Å². The van der Waals surface area contributed by atoms with Gasteiger partial charge in [-0.1, -0.05) is 48.0 Å². The number of aromatic nitrogens is 2. The first kappa shape index (κ1) is 18.9.